The predicted molar refractivity (Wildman–Crippen MR) is 98.5 cm³/mol. The van der Waals surface area contributed by atoms with Crippen molar-refractivity contribution in [2.24, 2.45) is 0 Å². The number of rotatable bonds is 15. The Labute approximate surface area is 156 Å². The molecule has 1 rings (SSSR count). The van der Waals surface area contributed by atoms with Gasteiger partial charge in [0.1, 0.15) is 6.54 Å². The lowest BCUT2D eigenvalue weighted by Crippen LogP contribution is -3.00. The maximum atomic E-state index is 8.72. The van der Waals surface area contributed by atoms with Crippen molar-refractivity contribution in [1.29, 1.82) is 0 Å². The van der Waals surface area contributed by atoms with Gasteiger partial charge in [-0.3, -0.25) is 0 Å². The molecule has 24 heavy (non-hydrogen) atoms. The fourth-order valence-electron chi connectivity index (χ4n) is 3.01. The molecule has 0 aliphatic heterocycles. The van der Waals surface area contributed by atoms with Crippen LogP contribution in [-0.4, -0.2) is 11.7 Å². The highest BCUT2D eigenvalue weighted by molar-refractivity contribution is 5.06. The summed E-state index contributed by atoms with van der Waals surface area (Å²) in [4.78, 5) is 0. The van der Waals surface area contributed by atoms with Crippen LogP contribution in [0.1, 0.15) is 89.5 Å². The van der Waals surface area contributed by atoms with Crippen LogP contribution in [0, 0.1) is 0 Å². The van der Waals surface area contributed by atoms with Crippen molar-refractivity contribution >= 4 is 0 Å². The Bertz CT molecular complexity index is 367. The number of aromatic nitrogens is 1. The maximum Gasteiger partial charge on any atom is 0.169 e. The Kier molecular flexibility index (Phi) is 16.8. The van der Waals surface area contributed by atoms with E-state index < -0.39 is 0 Å². The van der Waals surface area contributed by atoms with Crippen molar-refractivity contribution in [2.45, 2.75) is 96.9 Å². The Morgan fingerprint density at radius 1 is 0.750 bits per heavy atom. The summed E-state index contributed by atoms with van der Waals surface area (Å²) in [7, 11) is 0. The van der Waals surface area contributed by atoms with Crippen LogP contribution in [0.4, 0.5) is 0 Å². The summed E-state index contributed by atoms with van der Waals surface area (Å²) in [6, 6.07) is 4.57. The largest absolute Gasteiger partial charge is 1.00 e. The molecule has 1 aromatic heterocycles. The normalized spacial score (nSPS) is 10.6. The average molecular weight is 356 g/mol. The second kappa shape index (κ2) is 17.2. The molecule has 0 saturated carbocycles. The quantitative estimate of drug-likeness (QED) is 0.378. The standard InChI is InChI=1S/C21H38NO.ClH/c1-2-3-14-21-15-18-22(19-16-21)17-12-10-8-6-4-5-7-9-11-13-20-23;/h15-16,18-19,23H,2-14,17,20H2,1H3;1H/q+1;/p-1. The van der Waals surface area contributed by atoms with E-state index in [0.29, 0.717) is 6.61 Å². The van der Waals surface area contributed by atoms with Gasteiger partial charge in [-0.25, -0.2) is 4.57 Å². The summed E-state index contributed by atoms with van der Waals surface area (Å²) in [6.45, 7) is 3.77. The van der Waals surface area contributed by atoms with Crippen LogP contribution < -0.4 is 17.0 Å². The minimum atomic E-state index is 0. The summed E-state index contributed by atoms with van der Waals surface area (Å²) < 4.78 is 2.33. The SMILES string of the molecule is CCCCc1cc[n+](CCCCCCCCCCCCO)cc1.[Cl-]. The molecule has 0 atom stereocenters. The van der Waals surface area contributed by atoms with Crippen molar-refractivity contribution in [3.05, 3.63) is 30.1 Å². The lowest BCUT2D eigenvalue weighted by molar-refractivity contribution is -0.697. The number of aryl methyl sites for hydroxylation is 2. The molecule has 0 amide bonds. The number of hydrogen-bond acceptors (Lipinski definition) is 1. The van der Waals surface area contributed by atoms with Gasteiger partial charge < -0.3 is 17.5 Å². The van der Waals surface area contributed by atoms with Crippen LogP contribution >= 0.6 is 0 Å². The summed E-state index contributed by atoms with van der Waals surface area (Å²) in [5.41, 5.74) is 1.47. The molecule has 0 aliphatic carbocycles. The molecule has 3 heteroatoms. The van der Waals surface area contributed by atoms with E-state index in [0.717, 1.165) is 13.0 Å². The minimum absolute atomic E-state index is 0. The van der Waals surface area contributed by atoms with Crippen LogP contribution in [0.2, 0.25) is 0 Å². The van der Waals surface area contributed by atoms with E-state index in [1.54, 1.807) is 0 Å². The zero-order valence-corrected chi connectivity index (χ0v) is 16.4. The van der Waals surface area contributed by atoms with Crippen LogP contribution in [-0.2, 0) is 13.0 Å². The maximum absolute atomic E-state index is 8.72. The monoisotopic (exact) mass is 355 g/mol. The van der Waals surface area contributed by atoms with Crippen molar-refractivity contribution in [1.82, 2.24) is 0 Å². The third-order valence-corrected chi connectivity index (χ3v) is 4.60. The second-order valence-electron chi connectivity index (χ2n) is 6.81. The van der Waals surface area contributed by atoms with Gasteiger partial charge in [0.15, 0.2) is 12.4 Å². The van der Waals surface area contributed by atoms with Gasteiger partial charge in [-0.15, -0.1) is 0 Å². The molecule has 0 spiro atoms. The fraction of sp³-hybridized carbons (Fsp3) is 0.762. The van der Waals surface area contributed by atoms with Crippen molar-refractivity contribution in [3.63, 3.8) is 0 Å². The Hall–Kier alpha value is -0.600. The van der Waals surface area contributed by atoms with E-state index in [-0.39, 0.29) is 12.4 Å². The van der Waals surface area contributed by atoms with Crippen LogP contribution in [0.15, 0.2) is 24.5 Å². The van der Waals surface area contributed by atoms with Gasteiger partial charge in [-0.05, 0) is 31.2 Å². The van der Waals surface area contributed by atoms with E-state index >= 15 is 0 Å². The Morgan fingerprint density at radius 3 is 1.75 bits per heavy atom. The zero-order valence-electron chi connectivity index (χ0n) is 15.7. The smallest absolute Gasteiger partial charge is 0.169 e. The first-order valence-electron chi connectivity index (χ1n) is 9.95. The van der Waals surface area contributed by atoms with Gasteiger partial charge in [0.2, 0.25) is 0 Å². The van der Waals surface area contributed by atoms with Crippen molar-refractivity contribution in [3.8, 4) is 0 Å². The molecule has 0 aromatic carbocycles. The van der Waals surface area contributed by atoms with E-state index in [1.165, 1.54) is 82.6 Å². The molecular formula is C21H38ClNO. The van der Waals surface area contributed by atoms with E-state index in [1.807, 2.05) is 0 Å². The highest BCUT2D eigenvalue weighted by Crippen LogP contribution is 2.10. The van der Waals surface area contributed by atoms with Gasteiger partial charge in [-0.1, -0.05) is 58.3 Å². The molecule has 1 heterocycles. The average Bonchev–Trinajstić information content (AvgIpc) is 2.59. The molecule has 1 N–H and O–H groups in total. The molecule has 0 aliphatic rings. The lowest BCUT2D eigenvalue weighted by atomic mass is 10.1. The minimum Gasteiger partial charge on any atom is -1.00 e. The second-order valence-corrected chi connectivity index (χ2v) is 6.81. The number of nitrogens with zero attached hydrogens (tertiary/aromatic N) is 1. The number of unbranched alkanes of at least 4 members (excludes halogenated alkanes) is 10. The first kappa shape index (κ1) is 23.4. The van der Waals surface area contributed by atoms with Gasteiger partial charge >= 0.3 is 0 Å². The van der Waals surface area contributed by atoms with Gasteiger partial charge in [0.05, 0.1) is 0 Å². The molecular weight excluding hydrogens is 318 g/mol. The van der Waals surface area contributed by atoms with Crippen LogP contribution in [0.3, 0.4) is 0 Å². The van der Waals surface area contributed by atoms with Gasteiger partial charge in [0.25, 0.3) is 0 Å². The summed E-state index contributed by atoms with van der Waals surface area (Å²) in [6.07, 6.45) is 21.3. The molecule has 0 fully saturated rings. The van der Waals surface area contributed by atoms with E-state index in [2.05, 4.69) is 36.0 Å². The molecule has 0 saturated heterocycles. The molecule has 0 bridgehead atoms. The Morgan fingerprint density at radius 2 is 1.25 bits per heavy atom. The number of aliphatic hydroxyl groups excluding tert-OH is 1. The lowest BCUT2D eigenvalue weighted by Gasteiger charge is -2.02. The summed E-state index contributed by atoms with van der Waals surface area (Å²) in [5.74, 6) is 0. The summed E-state index contributed by atoms with van der Waals surface area (Å²) >= 11 is 0. The molecule has 1 aromatic rings. The van der Waals surface area contributed by atoms with Crippen molar-refractivity contribution < 1.29 is 22.1 Å². The zero-order chi connectivity index (χ0) is 16.6. The Balaban J connectivity index is 0.00000529. The van der Waals surface area contributed by atoms with Gasteiger partial charge in [-0.2, -0.15) is 0 Å². The third-order valence-electron chi connectivity index (χ3n) is 4.60. The highest BCUT2D eigenvalue weighted by Gasteiger charge is 2.01. The molecule has 0 unspecified atom stereocenters. The number of pyridine rings is 1. The van der Waals surface area contributed by atoms with E-state index in [4.69, 9.17) is 5.11 Å². The molecule has 2 nitrogen and oxygen atoms in total. The first-order valence-corrected chi connectivity index (χ1v) is 9.95. The van der Waals surface area contributed by atoms with E-state index in [9.17, 15) is 0 Å². The van der Waals surface area contributed by atoms with Crippen LogP contribution in [0.5, 0.6) is 0 Å². The van der Waals surface area contributed by atoms with Gasteiger partial charge in [0, 0.05) is 25.2 Å². The topological polar surface area (TPSA) is 24.1 Å². The number of halogens is 1. The highest BCUT2D eigenvalue weighted by atomic mass is 35.5. The van der Waals surface area contributed by atoms with Crippen molar-refractivity contribution in [2.75, 3.05) is 6.61 Å². The predicted octanol–water partition coefficient (Wildman–Crippen LogP) is 2.21. The summed E-state index contributed by atoms with van der Waals surface area (Å²) in [5, 5.41) is 8.72. The fourth-order valence-corrected chi connectivity index (χ4v) is 3.01. The van der Waals surface area contributed by atoms with Crippen LogP contribution in [0.25, 0.3) is 0 Å². The number of hydrogen-bond donors (Lipinski definition) is 1. The molecule has 140 valence electrons. The third kappa shape index (κ3) is 12.8. The number of aliphatic hydroxyl groups is 1. The first-order chi connectivity index (χ1) is 11.4. The molecule has 0 radical (unpaired) electrons.